The molecule has 0 aliphatic rings. The molecule has 0 spiro atoms. The molecule has 0 aromatic heterocycles. The third kappa shape index (κ3) is 7.85. The van der Waals surface area contributed by atoms with Crippen molar-refractivity contribution in [2.45, 2.75) is 13.0 Å². The summed E-state index contributed by atoms with van der Waals surface area (Å²) in [6.07, 6.45) is 1.74. The molecule has 130 valence electrons. The fourth-order valence-corrected chi connectivity index (χ4v) is 2.12. The molecule has 3 N–H and O–H groups in total. The number of aldehydes is 1. The van der Waals surface area contributed by atoms with Gasteiger partial charge in [-0.1, -0.05) is 12.1 Å². The van der Waals surface area contributed by atoms with Gasteiger partial charge >= 0.3 is 0 Å². The fraction of sp³-hybridized carbons (Fsp3) is 0.316. The number of nitrogens with two attached hydrogens (primary N) is 1. The highest BCUT2D eigenvalue weighted by atomic mass is 19.1. The summed E-state index contributed by atoms with van der Waals surface area (Å²) >= 11 is 0. The second kappa shape index (κ2) is 11.3. The van der Waals surface area contributed by atoms with E-state index >= 15 is 0 Å². The Bertz CT molecular complexity index is 602. The van der Waals surface area contributed by atoms with E-state index in [2.05, 4.69) is 41.5 Å². The molecule has 5 heteroatoms. The Morgan fingerprint density at radius 3 is 2.50 bits per heavy atom. The van der Waals surface area contributed by atoms with Crippen LogP contribution in [0.5, 0.6) is 0 Å². The van der Waals surface area contributed by atoms with Crippen LogP contribution in [0.3, 0.4) is 0 Å². The highest BCUT2D eigenvalue weighted by molar-refractivity contribution is 5.74. The minimum atomic E-state index is -0.319. The highest BCUT2D eigenvalue weighted by Crippen LogP contribution is 2.11. The maximum absolute atomic E-state index is 12.1. The molecular weight excluding hydrogens is 305 g/mol. The van der Waals surface area contributed by atoms with Gasteiger partial charge in [0.05, 0.1) is 0 Å². The molecule has 0 aliphatic heterocycles. The van der Waals surface area contributed by atoms with Crippen molar-refractivity contribution in [1.82, 2.24) is 4.90 Å². The van der Waals surface area contributed by atoms with E-state index in [1.54, 1.807) is 0 Å². The summed E-state index contributed by atoms with van der Waals surface area (Å²) in [4.78, 5) is 12.3. The predicted molar refractivity (Wildman–Crippen MR) is 97.8 cm³/mol. The Balaban J connectivity index is 0.000000272. The van der Waals surface area contributed by atoms with Crippen molar-refractivity contribution in [3.8, 4) is 0 Å². The molecular formula is C19H26FN3O. The molecule has 4 nitrogen and oxygen atoms in total. The minimum Gasteiger partial charge on any atom is -0.388 e. The minimum absolute atomic E-state index is 0.319. The maximum atomic E-state index is 12.1. The summed E-state index contributed by atoms with van der Waals surface area (Å²) < 4.78 is 12.1. The smallest absolute Gasteiger partial charge is 0.150 e. The average Bonchev–Trinajstić information content (AvgIpc) is 2.61. The van der Waals surface area contributed by atoms with Crippen molar-refractivity contribution >= 4 is 12.0 Å². The molecule has 2 aromatic carbocycles. The fourth-order valence-electron chi connectivity index (χ4n) is 2.12. The van der Waals surface area contributed by atoms with Crippen LogP contribution in [-0.2, 0) is 6.54 Å². The molecule has 0 unspecified atom stereocenters. The Morgan fingerprint density at radius 2 is 1.92 bits per heavy atom. The van der Waals surface area contributed by atoms with Crippen molar-refractivity contribution in [3.05, 3.63) is 65.5 Å². The van der Waals surface area contributed by atoms with Gasteiger partial charge in [0.1, 0.15) is 12.1 Å². The van der Waals surface area contributed by atoms with Crippen LogP contribution in [0.4, 0.5) is 10.1 Å². The van der Waals surface area contributed by atoms with E-state index in [0.29, 0.717) is 11.8 Å². The number of anilines is 1. The zero-order valence-corrected chi connectivity index (χ0v) is 14.3. The van der Waals surface area contributed by atoms with Gasteiger partial charge in [-0.15, -0.1) is 0 Å². The molecule has 2 rings (SSSR count). The summed E-state index contributed by atoms with van der Waals surface area (Å²) in [6.45, 7) is 2.80. The second-order valence-corrected chi connectivity index (χ2v) is 5.50. The Hall–Kier alpha value is -2.24. The molecule has 2 aromatic rings. The molecule has 0 bridgehead atoms. The molecule has 0 fully saturated rings. The van der Waals surface area contributed by atoms with E-state index in [4.69, 9.17) is 5.73 Å². The van der Waals surface area contributed by atoms with Crippen LogP contribution < -0.4 is 11.1 Å². The number of hydrogen-bond donors (Lipinski definition) is 2. The van der Waals surface area contributed by atoms with Crippen LogP contribution in [-0.4, -0.2) is 38.4 Å². The molecule has 0 radical (unpaired) electrons. The number of rotatable bonds is 7. The van der Waals surface area contributed by atoms with Gasteiger partial charge in [0.15, 0.2) is 0 Å². The van der Waals surface area contributed by atoms with Crippen LogP contribution >= 0.6 is 0 Å². The quantitative estimate of drug-likeness (QED) is 0.765. The number of carbonyl (C=O) groups is 1. The van der Waals surface area contributed by atoms with E-state index in [9.17, 15) is 9.18 Å². The summed E-state index contributed by atoms with van der Waals surface area (Å²) in [6, 6.07) is 13.9. The van der Waals surface area contributed by atoms with Crippen molar-refractivity contribution in [3.63, 3.8) is 0 Å². The van der Waals surface area contributed by atoms with Gasteiger partial charge in [-0.2, -0.15) is 0 Å². The molecule has 0 heterocycles. The van der Waals surface area contributed by atoms with Crippen LogP contribution in [0.15, 0.2) is 48.5 Å². The van der Waals surface area contributed by atoms with Gasteiger partial charge in [-0.05, 0) is 68.5 Å². The molecule has 0 amide bonds. The number of benzene rings is 2. The van der Waals surface area contributed by atoms with Crippen molar-refractivity contribution in [1.29, 1.82) is 0 Å². The Labute approximate surface area is 143 Å². The van der Waals surface area contributed by atoms with Crippen molar-refractivity contribution in [2.24, 2.45) is 5.73 Å². The van der Waals surface area contributed by atoms with E-state index < -0.39 is 0 Å². The normalized spacial score (nSPS) is 10.0. The van der Waals surface area contributed by atoms with Gasteiger partial charge in [-0.25, -0.2) is 4.39 Å². The van der Waals surface area contributed by atoms with Gasteiger partial charge in [-0.3, -0.25) is 4.79 Å². The zero-order valence-electron chi connectivity index (χ0n) is 14.3. The standard InChI is InChI=1S/C12H21N3.C7H5FO/c1-14-12-6-3-5-11(9-12)10-15(2)8-4-7-13;8-7-3-1-6(5-9)2-4-7/h3,5-6,9,14H,4,7-8,10,13H2,1-2H3;1-5H. The lowest BCUT2D eigenvalue weighted by atomic mass is 10.2. The summed E-state index contributed by atoms with van der Waals surface area (Å²) in [7, 11) is 4.07. The third-order valence-electron chi connectivity index (χ3n) is 3.42. The molecule has 0 atom stereocenters. The van der Waals surface area contributed by atoms with E-state index in [1.807, 2.05) is 7.05 Å². The van der Waals surface area contributed by atoms with Gasteiger partial charge in [0, 0.05) is 24.8 Å². The summed E-state index contributed by atoms with van der Waals surface area (Å²) in [5.74, 6) is -0.319. The van der Waals surface area contributed by atoms with Gasteiger partial charge in [0.2, 0.25) is 0 Å². The van der Waals surface area contributed by atoms with Crippen molar-refractivity contribution in [2.75, 3.05) is 32.5 Å². The number of halogens is 1. The first-order valence-corrected chi connectivity index (χ1v) is 7.95. The second-order valence-electron chi connectivity index (χ2n) is 5.50. The number of carbonyl (C=O) groups excluding carboxylic acids is 1. The SMILES string of the molecule is CNc1cccc(CN(C)CCCN)c1.O=Cc1ccc(F)cc1. The first-order valence-electron chi connectivity index (χ1n) is 7.95. The zero-order chi connectivity index (χ0) is 17.8. The first kappa shape index (κ1) is 19.8. The Morgan fingerprint density at radius 1 is 1.21 bits per heavy atom. The van der Waals surface area contributed by atoms with Crippen LogP contribution in [0.2, 0.25) is 0 Å². The molecule has 0 aliphatic carbocycles. The van der Waals surface area contributed by atoms with E-state index in [1.165, 1.54) is 35.5 Å². The largest absolute Gasteiger partial charge is 0.388 e. The van der Waals surface area contributed by atoms with Crippen LogP contribution in [0.1, 0.15) is 22.3 Å². The third-order valence-corrected chi connectivity index (χ3v) is 3.42. The summed E-state index contributed by atoms with van der Waals surface area (Å²) in [5, 5.41) is 3.15. The molecule has 24 heavy (non-hydrogen) atoms. The highest BCUT2D eigenvalue weighted by Gasteiger charge is 2.00. The van der Waals surface area contributed by atoms with Crippen LogP contribution in [0.25, 0.3) is 0 Å². The Kier molecular flexibility index (Phi) is 9.34. The van der Waals surface area contributed by atoms with Crippen LogP contribution in [0, 0.1) is 5.82 Å². The topological polar surface area (TPSA) is 58.4 Å². The lowest BCUT2D eigenvalue weighted by Crippen LogP contribution is -2.21. The summed E-state index contributed by atoms with van der Waals surface area (Å²) in [5.41, 5.74) is 8.48. The molecule has 0 saturated heterocycles. The molecule has 0 saturated carbocycles. The van der Waals surface area contributed by atoms with Gasteiger partial charge < -0.3 is 16.0 Å². The van der Waals surface area contributed by atoms with E-state index in [0.717, 1.165) is 26.1 Å². The van der Waals surface area contributed by atoms with E-state index in [-0.39, 0.29) is 5.82 Å². The monoisotopic (exact) mass is 331 g/mol. The van der Waals surface area contributed by atoms with Crippen molar-refractivity contribution < 1.29 is 9.18 Å². The first-order chi connectivity index (χ1) is 11.6. The number of nitrogens with zero attached hydrogens (tertiary/aromatic N) is 1. The maximum Gasteiger partial charge on any atom is 0.150 e. The predicted octanol–water partition coefficient (Wildman–Crippen LogP) is 3.15. The lowest BCUT2D eigenvalue weighted by Gasteiger charge is -2.16. The van der Waals surface area contributed by atoms with Gasteiger partial charge in [0.25, 0.3) is 0 Å². The number of nitrogens with one attached hydrogen (secondary N) is 1. The average molecular weight is 331 g/mol. The lowest BCUT2D eigenvalue weighted by molar-refractivity contribution is 0.112. The number of hydrogen-bond acceptors (Lipinski definition) is 4.